The van der Waals surface area contributed by atoms with Gasteiger partial charge in [-0.2, -0.15) is 0 Å². The molecule has 0 radical (unpaired) electrons. The summed E-state index contributed by atoms with van der Waals surface area (Å²) >= 11 is 5.59. The van der Waals surface area contributed by atoms with Crippen molar-refractivity contribution in [2.24, 2.45) is 0 Å². The van der Waals surface area contributed by atoms with Crippen LogP contribution in [0.5, 0.6) is 5.75 Å². The number of nitrogens with zero attached hydrogens (tertiary/aromatic N) is 1. The van der Waals surface area contributed by atoms with Crippen LogP contribution in [0.2, 0.25) is 0 Å². The van der Waals surface area contributed by atoms with Gasteiger partial charge in [0.25, 0.3) is 0 Å². The molecule has 1 heterocycles. The number of sulfone groups is 1. The topological polar surface area (TPSA) is 56.3 Å². The fourth-order valence-corrected chi connectivity index (χ4v) is 1.89. The molecule has 0 aliphatic carbocycles. The average Bonchev–Trinajstić information content (AvgIpc) is 2.24. The molecule has 0 unspecified atom stereocenters. The molecule has 1 rings (SSSR count). The molecule has 0 aromatic carbocycles. The van der Waals surface area contributed by atoms with Gasteiger partial charge < -0.3 is 4.74 Å². The van der Waals surface area contributed by atoms with E-state index in [2.05, 4.69) is 4.98 Å². The third-order valence-corrected chi connectivity index (χ3v) is 3.17. The lowest BCUT2D eigenvalue weighted by molar-refractivity contribution is 0.316. The first kappa shape index (κ1) is 13.3. The van der Waals surface area contributed by atoms with Crippen molar-refractivity contribution in [2.45, 2.75) is 12.3 Å². The number of hydrogen-bond donors (Lipinski definition) is 0. The molecule has 0 atom stereocenters. The minimum atomic E-state index is -2.90. The van der Waals surface area contributed by atoms with Gasteiger partial charge in [0.15, 0.2) is 0 Å². The van der Waals surface area contributed by atoms with E-state index in [1.807, 2.05) is 0 Å². The van der Waals surface area contributed by atoms with E-state index >= 15 is 0 Å². The van der Waals surface area contributed by atoms with Gasteiger partial charge in [0.2, 0.25) is 0 Å². The zero-order valence-electron chi connectivity index (χ0n) is 9.02. The van der Waals surface area contributed by atoms with Gasteiger partial charge in [-0.1, -0.05) is 0 Å². The van der Waals surface area contributed by atoms with Gasteiger partial charge in [0, 0.05) is 6.26 Å². The van der Waals surface area contributed by atoms with Crippen LogP contribution in [0.15, 0.2) is 18.3 Å². The van der Waals surface area contributed by atoms with Crippen molar-refractivity contribution in [3.8, 4) is 5.75 Å². The largest absolute Gasteiger partial charge is 0.492 e. The summed E-state index contributed by atoms with van der Waals surface area (Å²) in [5, 5.41) is 0. The normalized spacial score (nSPS) is 11.4. The Kier molecular flexibility index (Phi) is 5.02. The summed E-state index contributed by atoms with van der Waals surface area (Å²) in [6, 6.07) is 3.55. The molecule has 4 nitrogen and oxygen atoms in total. The lowest BCUT2D eigenvalue weighted by atomic mass is 10.4. The third kappa shape index (κ3) is 5.32. The number of halogens is 1. The smallest absolute Gasteiger partial charge is 0.147 e. The van der Waals surface area contributed by atoms with E-state index in [0.717, 1.165) is 5.69 Å². The zero-order valence-corrected chi connectivity index (χ0v) is 10.6. The molecule has 0 N–H and O–H groups in total. The van der Waals surface area contributed by atoms with Crippen molar-refractivity contribution in [3.63, 3.8) is 0 Å². The predicted molar refractivity (Wildman–Crippen MR) is 63.6 cm³/mol. The van der Waals surface area contributed by atoms with Crippen molar-refractivity contribution in [2.75, 3.05) is 18.6 Å². The van der Waals surface area contributed by atoms with Gasteiger partial charge in [-0.15, -0.1) is 11.6 Å². The molecule has 16 heavy (non-hydrogen) atoms. The zero-order chi connectivity index (χ0) is 12.0. The average molecular weight is 264 g/mol. The SMILES string of the molecule is CS(=O)(=O)CCCOc1ccc(CCl)nc1. The second-order valence-corrected chi connectivity index (χ2v) is 5.98. The maximum Gasteiger partial charge on any atom is 0.147 e. The Morgan fingerprint density at radius 1 is 1.44 bits per heavy atom. The highest BCUT2D eigenvalue weighted by atomic mass is 35.5. The van der Waals surface area contributed by atoms with Crippen molar-refractivity contribution in [3.05, 3.63) is 24.0 Å². The van der Waals surface area contributed by atoms with Crippen molar-refractivity contribution >= 4 is 21.4 Å². The molecular weight excluding hydrogens is 250 g/mol. The molecule has 90 valence electrons. The molecule has 6 heteroatoms. The van der Waals surface area contributed by atoms with E-state index in [1.54, 1.807) is 18.3 Å². The molecule has 0 amide bonds. The Morgan fingerprint density at radius 3 is 2.69 bits per heavy atom. The number of ether oxygens (including phenoxy) is 1. The van der Waals surface area contributed by atoms with Crippen LogP contribution < -0.4 is 4.74 Å². The fourth-order valence-electron chi connectivity index (χ4n) is 1.09. The lowest BCUT2D eigenvalue weighted by Gasteiger charge is -2.05. The molecule has 1 aromatic heterocycles. The van der Waals surface area contributed by atoms with Crippen molar-refractivity contribution in [1.82, 2.24) is 4.98 Å². The highest BCUT2D eigenvalue weighted by Gasteiger charge is 2.02. The van der Waals surface area contributed by atoms with E-state index < -0.39 is 9.84 Å². The minimum Gasteiger partial charge on any atom is -0.492 e. The number of rotatable bonds is 6. The maximum absolute atomic E-state index is 10.8. The van der Waals surface area contributed by atoms with E-state index in [-0.39, 0.29) is 5.75 Å². The van der Waals surface area contributed by atoms with E-state index in [9.17, 15) is 8.42 Å². The molecule has 0 saturated heterocycles. The minimum absolute atomic E-state index is 0.139. The van der Waals surface area contributed by atoms with Crippen LogP contribution in [-0.2, 0) is 15.7 Å². The van der Waals surface area contributed by atoms with Crippen LogP contribution in [0, 0.1) is 0 Å². The summed E-state index contributed by atoms with van der Waals surface area (Å²) in [6.07, 6.45) is 3.28. The number of hydrogen-bond acceptors (Lipinski definition) is 4. The van der Waals surface area contributed by atoms with Crippen molar-refractivity contribution < 1.29 is 13.2 Å². The molecule has 0 saturated carbocycles. The van der Waals surface area contributed by atoms with Crippen molar-refractivity contribution in [1.29, 1.82) is 0 Å². The van der Waals surface area contributed by atoms with Crippen LogP contribution in [-0.4, -0.2) is 32.0 Å². The van der Waals surface area contributed by atoms with E-state index in [1.165, 1.54) is 6.26 Å². The summed E-state index contributed by atoms with van der Waals surface area (Å²) in [4.78, 5) is 4.05. The second-order valence-electron chi connectivity index (χ2n) is 3.45. The van der Waals surface area contributed by atoms with E-state index in [4.69, 9.17) is 16.3 Å². The highest BCUT2D eigenvalue weighted by Crippen LogP contribution is 2.10. The summed E-state index contributed by atoms with van der Waals surface area (Å²) in [6.45, 7) is 0.370. The monoisotopic (exact) mass is 263 g/mol. The Morgan fingerprint density at radius 2 is 2.19 bits per heavy atom. The lowest BCUT2D eigenvalue weighted by Crippen LogP contribution is -2.08. The fraction of sp³-hybridized carbons (Fsp3) is 0.500. The Bertz CT molecular complexity index is 416. The first-order valence-electron chi connectivity index (χ1n) is 4.83. The Hall–Kier alpha value is -0.810. The van der Waals surface area contributed by atoms with Gasteiger partial charge in [-0.25, -0.2) is 8.42 Å². The van der Waals surface area contributed by atoms with Gasteiger partial charge in [0.1, 0.15) is 15.6 Å². The molecule has 0 fully saturated rings. The Balaban J connectivity index is 2.32. The molecule has 0 aliphatic rings. The van der Waals surface area contributed by atoms with Crippen LogP contribution in [0.3, 0.4) is 0 Å². The molecular formula is C10H14ClNO3S. The first-order valence-corrected chi connectivity index (χ1v) is 7.42. The Labute approximate surface area is 101 Å². The van der Waals surface area contributed by atoms with Crippen LogP contribution >= 0.6 is 11.6 Å². The van der Waals surface area contributed by atoms with Gasteiger partial charge in [-0.3, -0.25) is 4.98 Å². The summed E-state index contributed by atoms with van der Waals surface area (Å²) < 4.78 is 27.0. The van der Waals surface area contributed by atoms with E-state index in [0.29, 0.717) is 24.7 Å². The second kappa shape index (κ2) is 6.06. The van der Waals surface area contributed by atoms with Gasteiger partial charge in [-0.05, 0) is 18.6 Å². The molecule has 1 aromatic rings. The number of aromatic nitrogens is 1. The summed E-state index contributed by atoms with van der Waals surface area (Å²) in [5.74, 6) is 1.14. The van der Waals surface area contributed by atoms with Gasteiger partial charge >= 0.3 is 0 Å². The number of alkyl halides is 1. The molecule has 0 aliphatic heterocycles. The third-order valence-electron chi connectivity index (χ3n) is 1.86. The predicted octanol–water partition coefficient (Wildman–Crippen LogP) is 1.63. The summed E-state index contributed by atoms with van der Waals surface area (Å²) in [5.41, 5.74) is 0.783. The molecule has 0 bridgehead atoms. The van der Waals surface area contributed by atoms with Gasteiger partial charge in [0.05, 0.1) is 30.1 Å². The highest BCUT2D eigenvalue weighted by molar-refractivity contribution is 7.90. The first-order chi connectivity index (χ1) is 7.51. The quantitative estimate of drug-likeness (QED) is 0.578. The number of pyridine rings is 1. The maximum atomic E-state index is 10.8. The van der Waals surface area contributed by atoms with Crippen LogP contribution in [0.25, 0.3) is 0 Å². The standard InChI is InChI=1S/C10H14ClNO3S/c1-16(13,14)6-2-5-15-10-4-3-9(7-11)12-8-10/h3-4,8H,2,5-7H2,1H3. The van der Waals surface area contributed by atoms with Crippen LogP contribution in [0.1, 0.15) is 12.1 Å². The summed E-state index contributed by atoms with van der Waals surface area (Å²) in [7, 11) is -2.90. The molecule has 0 spiro atoms. The van der Waals surface area contributed by atoms with Crippen LogP contribution in [0.4, 0.5) is 0 Å².